The van der Waals surface area contributed by atoms with Crippen LogP contribution in [0.2, 0.25) is 0 Å². The van der Waals surface area contributed by atoms with Gasteiger partial charge in [0, 0.05) is 6.42 Å². The maximum Gasteiger partial charge on any atom is 0.449 e. The minimum Gasteiger partial charge on any atom is -0.494 e. The van der Waals surface area contributed by atoms with Crippen LogP contribution in [-0.2, 0) is 4.79 Å². The Labute approximate surface area is 104 Å². The molecule has 0 atom stereocenters. The van der Waals surface area contributed by atoms with Gasteiger partial charge in [0.2, 0.25) is 5.78 Å². The van der Waals surface area contributed by atoms with E-state index < -0.39 is 18.4 Å². The third-order valence-electron chi connectivity index (χ3n) is 2.40. The Balaban J connectivity index is 2.16. The van der Waals surface area contributed by atoms with Crippen molar-refractivity contribution < 1.29 is 22.7 Å². The lowest BCUT2D eigenvalue weighted by molar-refractivity contribution is -0.171. The second-order valence-corrected chi connectivity index (χ2v) is 4.04. The molecule has 0 aromatic heterocycles. The lowest BCUT2D eigenvalue weighted by Gasteiger charge is -2.07. The predicted molar refractivity (Wildman–Crippen MR) is 61.6 cm³/mol. The molecule has 5 heteroatoms. The van der Waals surface area contributed by atoms with Crippen LogP contribution in [0.1, 0.15) is 24.8 Å². The fraction of sp³-hybridized carbons (Fsp3) is 0.462. The largest absolute Gasteiger partial charge is 0.494 e. The van der Waals surface area contributed by atoms with Crippen LogP contribution >= 0.6 is 0 Å². The van der Waals surface area contributed by atoms with Crippen molar-refractivity contribution in [2.45, 2.75) is 32.4 Å². The van der Waals surface area contributed by atoms with Gasteiger partial charge in [0.15, 0.2) is 0 Å². The van der Waals surface area contributed by atoms with E-state index in [1.165, 1.54) is 0 Å². The topological polar surface area (TPSA) is 26.3 Å². The fourth-order valence-electron chi connectivity index (χ4n) is 1.35. The first-order valence-electron chi connectivity index (χ1n) is 5.69. The highest BCUT2D eigenvalue weighted by atomic mass is 19.4. The molecule has 0 N–H and O–H groups in total. The van der Waals surface area contributed by atoms with Crippen molar-refractivity contribution in [3.05, 3.63) is 29.8 Å². The molecule has 100 valence electrons. The molecule has 0 spiro atoms. The Bertz CT molecular complexity index is 382. The second kappa shape index (κ2) is 6.42. The Morgan fingerprint density at radius 2 is 1.78 bits per heavy atom. The van der Waals surface area contributed by atoms with E-state index in [0.717, 1.165) is 5.56 Å². The first kappa shape index (κ1) is 14.5. The average molecular weight is 260 g/mol. The first-order chi connectivity index (χ1) is 8.39. The summed E-state index contributed by atoms with van der Waals surface area (Å²) in [5.74, 6) is -0.986. The highest BCUT2D eigenvalue weighted by Crippen LogP contribution is 2.19. The molecular formula is C13H15F3O2. The van der Waals surface area contributed by atoms with E-state index in [-0.39, 0.29) is 6.42 Å². The molecule has 0 radical (unpaired) electrons. The quantitative estimate of drug-likeness (QED) is 0.729. The number of carbonyl (C=O) groups excluding carboxylic acids is 1. The lowest BCUT2D eigenvalue weighted by atomic mass is 10.2. The molecule has 0 aliphatic rings. The van der Waals surface area contributed by atoms with Gasteiger partial charge < -0.3 is 4.74 Å². The van der Waals surface area contributed by atoms with Gasteiger partial charge in [0.1, 0.15) is 5.75 Å². The molecule has 0 aliphatic carbocycles. The zero-order valence-corrected chi connectivity index (χ0v) is 10.1. The number of halogens is 3. The molecule has 0 saturated heterocycles. The van der Waals surface area contributed by atoms with E-state index >= 15 is 0 Å². The number of hydrogen-bond acceptors (Lipinski definition) is 2. The van der Waals surface area contributed by atoms with Gasteiger partial charge >= 0.3 is 6.18 Å². The minimum atomic E-state index is -4.71. The third kappa shape index (κ3) is 5.21. The Kier molecular flexibility index (Phi) is 5.19. The molecule has 1 aromatic carbocycles. The van der Waals surface area contributed by atoms with Gasteiger partial charge in [0.05, 0.1) is 6.61 Å². The Hall–Kier alpha value is -1.52. The first-order valence-corrected chi connectivity index (χ1v) is 5.69. The Morgan fingerprint density at radius 1 is 1.17 bits per heavy atom. The van der Waals surface area contributed by atoms with Gasteiger partial charge in [-0.3, -0.25) is 4.79 Å². The highest BCUT2D eigenvalue weighted by molar-refractivity contribution is 5.83. The van der Waals surface area contributed by atoms with E-state index in [1.54, 1.807) is 12.1 Å². The summed E-state index contributed by atoms with van der Waals surface area (Å²) < 4.78 is 41.0. The number of aryl methyl sites for hydroxylation is 1. The molecule has 0 unspecified atom stereocenters. The van der Waals surface area contributed by atoms with Gasteiger partial charge in [-0.15, -0.1) is 0 Å². The van der Waals surface area contributed by atoms with Gasteiger partial charge in [-0.2, -0.15) is 13.2 Å². The number of carbonyl (C=O) groups is 1. The molecule has 0 bridgehead atoms. The zero-order valence-electron chi connectivity index (χ0n) is 10.1. The zero-order chi connectivity index (χ0) is 13.6. The Morgan fingerprint density at radius 3 is 2.33 bits per heavy atom. The number of alkyl halides is 3. The van der Waals surface area contributed by atoms with E-state index in [1.807, 2.05) is 19.1 Å². The normalized spacial score (nSPS) is 11.3. The number of rotatable bonds is 6. The maximum absolute atomic E-state index is 11.9. The van der Waals surface area contributed by atoms with Crippen LogP contribution in [0.4, 0.5) is 13.2 Å². The van der Waals surface area contributed by atoms with Crippen LogP contribution in [0.25, 0.3) is 0 Å². The van der Waals surface area contributed by atoms with Crippen LogP contribution in [0.15, 0.2) is 24.3 Å². The summed E-state index contributed by atoms with van der Waals surface area (Å²) in [5, 5.41) is 0. The SMILES string of the molecule is Cc1ccc(OCCCCC(=O)C(F)(F)F)cc1. The number of benzene rings is 1. The number of unbranched alkanes of at least 4 members (excludes halogenated alkanes) is 1. The van der Waals surface area contributed by atoms with Crippen LogP contribution in [0, 0.1) is 6.92 Å². The highest BCUT2D eigenvalue weighted by Gasteiger charge is 2.36. The molecule has 1 aromatic rings. The summed E-state index contributed by atoms with van der Waals surface area (Å²) in [7, 11) is 0. The third-order valence-corrected chi connectivity index (χ3v) is 2.40. The maximum atomic E-state index is 11.9. The summed E-state index contributed by atoms with van der Waals surface area (Å²) in [6.45, 7) is 2.26. The molecule has 0 amide bonds. The molecule has 0 saturated carbocycles. The fourth-order valence-corrected chi connectivity index (χ4v) is 1.35. The summed E-state index contributed by atoms with van der Waals surface area (Å²) in [4.78, 5) is 10.6. The van der Waals surface area contributed by atoms with Crippen molar-refractivity contribution >= 4 is 5.78 Å². The van der Waals surface area contributed by atoms with Crippen LogP contribution in [0.5, 0.6) is 5.75 Å². The van der Waals surface area contributed by atoms with E-state index in [4.69, 9.17) is 4.74 Å². The van der Waals surface area contributed by atoms with Crippen molar-refractivity contribution in [1.82, 2.24) is 0 Å². The summed E-state index contributed by atoms with van der Waals surface area (Å²) in [6.07, 6.45) is -4.57. The molecule has 0 aliphatic heterocycles. The average Bonchev–Trinajstić information content (AvgIpc) is 2.29. The monoisotopic (exact) mass is 260 g/mol. The molecule has 0 fully saturated rings. The van der Waals surface area contributed by atoms with Crippen LogP contribution in [-0.4, -0.2) is 18.6 Å². The van der Waals surface area contributed by atoms with Crippen molar-refractivity contribution in [2.24, 2.45) is 0 Å². The molecule has 0 heterocycles. The minimum absolute atomic E-state index is 0.185. The number of Topliss-reactive ketones (excluding diaryl/α,β-unsaturated/α-hetero) is 1. The number of hydrogen-bond donors (Lipinski definition) is 0. The number of ether oxygens (including phenoxy) is 1. The standard InChI is InChI=1S/C13H15F3O2/c1-10-5-7-11(8-6-10)18-9-3-2-4-12(17)13(14,15)16/h5-8H,2-4,9H2,1H3. The molecular weight excluding hydrogens is 245 g/mol. The van der Waals surface area contributed by atoms with Gasteiger partial charge in [-0.05, 0) is 31.9 Å². The summed E-state index contributed by atoms with van der Waals surface area (Å²) in [5.41, 5.74) is 1.11. The van der Waals surface area contributed by atoms with Gasteiger partial charge in [0.25, 0.3) is 0 Å². The lowest BCUT2D eigenvalue weighted by Crippen LogP contribution is -2.22. The summed E-state index contributed by atoms with van der Waals surface area (Å²) >= 11 is 0. The number of ketones is 1. The van der Waals surface area contributed by atoms with Crippen LogP contribution < -0.4 is 4.74 Å². The van der Waals surface area contributed by atoms with E-state index in [9.17, 15) is 18.0 Å². The van der Waals surface area contributed by atoms with Crippen molar-refractivity contribution in [3.63, 3.8) is 0 Å². The molecule has 1 rings (SSSR count). The van der Waals surface area contributed by atoms with Gasteiger partial charge in [-0.25, -0.2) is 0 Å². The van der Waals surface area contributed by atoms with Crippen molar-refractivity contribution in [3.8, 4) is 5.75 Å². The van der Waals surface area contributed by atoms with E-state index in [2.05, 4.69) is 0 Å². The van der Waals surface area contributed by atoms with Gasteiger partial charge in [-0.1, -0.05) is 17.7 Å². The molecule has 2 nitrogen and oxygen atoms in total. The van der Waals surface area contributed by atoms with Crippen molar-refractivity contribution in [1.29, 1.82) is 0 Å². The predicted octanol–water partition coefficient (Wildman–Crippen LogP) is 3.68. The van der Waals surface area contributed by atoms with Crippen LogP contribution in [0.3, 0.4) is 0 Å². The smallest absolute Gasteiger partial charge is 0.449 e. The van der Waals surface area contributed by atoms with Crippen molar-refractivity contribution in [2.75, 3.05) is 6.61 Å². The second-order valence-electron chi connectivity index (χ2n) is 4.04. The van der Waals surface area contributed by atoms with E-state index in [0.29, 0.717) is 18.8 Å². The molecule has 18 heavy (non-hydrogen) atoms. The summed E-state index contributed by atoms with van der Waals surface area (Å²) in [6, 6.07) is 7.39.